The van der Waals surface area contributed by atoms with E-state index in [1.54, 1.807) is 11.8 Å². The van der Waals surface area contributed by atoms with Crippen LogP contribution in [0.2, 0.25) is 0 Å². The molecule has 0 unspecified atom stereocenters. The average molecular weight is 402 g/mol. The minimum Gasteiger partial charge on any atom is -0.339 e. The predicted octanol–water partition coefficient (Wildman–Crippen LogP) is 6.07. The number of benzene rings is 3. The average Bonchev–Trinajstić information content (AvgIpc) is 2.79. The van der Waals surface area contributed by atoms with Gasteiger partial charge in [-0.1, -0.05) is 72.8 Å². The number of piperidine rings is 1. The van der Waals surface area contributed by atoms with Crippen molar-refractivity contribution in [2.75, 3.05) is 13.1 Å². The summed E-state index contributed by atoms with van der Waals surface area (Å²) in [6.45, 7) is 1.71. The Labute approximate surface area is 178 Å². The van der Waals surface area contributed by atoms with Crippen LogP contribution in [0.5, 0.6) is 0 Å². The van der Waals surface area contributed by atoms with Crippen molar-refractivity contribution in [1.82, 2.24) is 4.90 Å². The van der Waals surface area contributed by atoms with Gasteiger partial charge in [0.2, 0.25) is 0 Å². The van der Waals surface area contributed by atoms with Gasteiger partial charge in [0.1, 0.15) is 0 Å². The van der Waals surface area contributed by atoms with Crippen molar-refractivity contribution < 1.29 is 4.79 Å². The van der Waals surface area contributed by atoms with Crippen LogP contribution in [0.25, 0.3) is 0 Å². The van der Waals surface area contributed by atoms with Gasteiger partial charge < -0.3 is 4.90 Å². The first kappa shape index (κ1) is 19.8. The molecule has 1 heterocycles. The van der Waals surface area contributed by atoms with Gasteiger partial charge in [0.25, 0.3) is 5.91 Å². The van der Waals surface area contributed by atoms with Gasteiger partial charge in [-0.15, -0.1) is 11.8 Å². The number of thioether (sulfide) groups is 1. The summed E-state index contributed by atoms with van der Waals surface area (Å²) in [5.41, 5.74) is 3.52. The molecular formula is C26H27NOS. The van der Waals surface area contributed by atoms with Crippen molar-refractivity contribution in [3.8, 4) is 0 Å². The quantitative estimate of drug-likeness (QED) is 0.467. The molecule has 148 valence electrons. The number of nitrogens with zero attached hydrogens (tertiary/aromatic N) is 1. The first-order valence-corrected chi connectivity index (χ1v) is 11.4. The number of likely N-dealkylation sites (tertiary alicyclic amines) is 1. The zero-order chi connectivity index (χ0) is 19.9. The van der Waals surface area contributed by atoms with Crippen molar-refractivity contribution in [3.63, 3.8) is 0 Å². The summed E-state index contributed by atoms with van der Waals surface area (Å²) in [5.74, 6) is 1.73. The van der Waals surface area contributed by atoms with E-state index in [4.69, 9.17) is 0 Å². The van der Waals surface area contributed by atoms with Crippen LogP contribution >= 0.6 is 11.8 Å². The molecule has 3 aromatic rings. The highest BCUT2D eigenvalue weighted by atomic mass is 32.2. The van der Waals surface area contributed by atoms with E-state index >= 15 is 0 Å². The van der Waals surface area contributed by atoms with Gasteiger partial charge in [-0.05, 0) is 48.4 Å². The molecule has 0 aliphatic carbocycles. The van der Waals surface area contributed by atoms with Gasteiger partial charge >= 0.3 is 0 Å². The third kappa shape index (κ3) is 5.30. The number of carbonyl (C=O) groups excluding carboxylic acids is 1. The molecule has 0 N–H and O–H groups in total. The molecule has 2 nitrogen and oxygen atoms in total. The molecule has 1 fully saturated rings. The molecule has 4 rings (SSSR count). The van der Waals surface area contributed by atoms with Gasteiger partial charge in [-0.3, -0.25) is 4.79 Å². The highest BCUT2D eigenvalue weighted by Gasteiger charge is 2.25. The maximum atomic E-state index is 13.2. The second-order valence-electron chi connectivity index (χ2n) is 7.70. The summed E-state index contributed by atoms with van der Waals surface area (Å²) in [5, 5.41) is 0. The van der Waals surface area contributed by atoms with Crippen molar-refractivity contribution in [1.29, 1.82) is 0 Å². The van der Waals surface area contributed by atoms with E-state index in [1.165, 1.54) is 11.1 Å². The van der Waals surface area contributed by atoms with E-state index in [0.717, 1.165) is 48.6 Å². The molecule has 1 amide bonds. The van der Waals surface area contributed by atoms with Crippen LogP contribution in [0, 0.1) is 5.92 Å². The Balaban J connectivity index is 1.36. The lowest BCUT2D eigenvalue weighted by Crippen LogP contribution is -2.39. The zero-order valence-electron chi connectivity index (χ0n) is 16.7. The van der Waals surface area contributed by atoms with Crippen LogP contribution in [0.3, 0.4) is 0 Å². The van der Waals surface area contributed by atoms with Crippen molar-refractivity contribution in [3.05, 3.63) is 102 Å². The summed E-state index contributed by atoms with van der Waals surface area (Å²) in [6.07, 6.45) is 3.28. The number of hydrogen-bond acceptors (Lipinski definition) is 2. The fourth-order valence-corrected chi connectivity index (χ4v) is 4.96. The highest BCUT2D eigenvalue weighted by molar-refractivity contribution is 7.98. The fourth-order valence-electron chi connectivity index (χ4n) is 3.96. The van der Waals surface area contributed by atoms with E-state index in [1.807, 2.05) is 29.2 Å². The number of amides is 1. The fraction of sp³-hybridized carbons (Fsp3) is 0.269. The van der Waals surface area contributed by atoms with Crippen molar-refractivity contribution in [2.45, 2.75) is 29.9 Å². The normalized spacial score (nSPS) is 14.7. The molecule has 0 saturated carbocycles. The Hall–Kier alpha value is -2.52. The van der Waals surface area contributed by atoms with Gasteiger partial charge in [0.15, 0.2) is 0 Å². The summed E-state index contributed by atoms with van der Waals surface area (Å²) >= 11 is 1.75. The van der Waals surface area contributed by atoms with Crippen molar-refractivity contribution >= 4 is 17.7 Å². The standard InChI is InChI=1S/C26H27NOS/c28-26(27-17-15-22(16-18-27)19-21-9-3-1-4-10-21)24-13-7-8-14-25(24)29-20-23-11-5-2-6-12-23/h1-14,22H,15-20H2. The van der Waals surface area contributed by atoms with Gasteiger partial charge in [0, 0.05) is 23.7 Å². The maximum Gasteiger partial charge on any atom is 0.254 e. The van der Waals surface area contributed by atoms with Crippen LogP contribution in [-0.2, 0) is 12.2 Å². The van der Waals surface area contributed by atoms with Gasteiger partial charge in [0.05, 0.1) is 5.56 Å². The zero-order valence-corrected chi connectivity index (χ0v) is 17.5. The first-order valence-electron chi connectivity index (χ1n) is 10.4. The van der Waals surface area contributed by atoms with E-state index in [2.05, 4.69) is 60.7 Å². The molecule has 1 saturated heterocycles. The summed E-state index contributed by atoms with van der Waals surface area (Å²) < 4.78 is 0. The second-order valence-corrected chi connectivity index (χ2v) is 8.71. The molecule has 1 aliphatic rings. The van der Waals surface area contributed by atoms with Crippen LogP contribution in [0.4, 0.5) is 0 Å². The Morgan fingerprint density at radius 1 is 0.793 bits per heavy atom. The molecule has 0 bridgehead atoms. The molecule has 1 aliphatic heterocycles. The minimum atomic E-state index is 0.180. The van der Waals surface area contributed by atoms with Gasteiger partial charge in [-0.25, -0.2) is 0 Å². The summed E-state index contributed by atoms with van der Waals surface area (Å²) in [6, 6.07) is 29.2. The summed E-state index contributed by atoms with van der Waals surface area (Å²) in [4.78, 5) is 16.3. The van der Waals surface area contributed by atoms with E-state index in [-0.39, 0.29) is 5.91 Å². The lowest BCUT2D eigenvalue weighted by atomic mass is 9.90. The van der Waals surface area contributed by atoms with E-state index in [9.17, 15) is 4.79 Å². The lowest BCUT2D eigenvalue weighted by molar-refractivity contribution is 0.0687. The smallest absolute Gasteiger partial charge is 0.254 e. The van der Waals surface area contributed by atoms with Crippen LogP contribution in [0.1, 0.15) is 34.3 Å². The van der Waals surface area contributed by atoms with Gasteiger partial charge in [-0.2, -0.15) is 0 Å². The Morgan fingerprint density at radius 2 is 1.38 bits per heavy atom. The molecule has 0 radical (unpaired) electrons. The van der Waals surface area contributed by atoms with Crippen molar-refractivity contribution in [2.24, 2.45) is 5.92 Å². The van der Waals surface area contributed by atoms with Crippen LogP contribution in [-0.4, -0.2) is 23.9 Å². The van der Waals surface area contributed by atoms with E-state index < -0.39 is 0 Å². The molecule has 3 aromatic carbocycles. The largest absolute Gasteiger partial charge is 0.339 e. The topological polar surface area (TPSA) is 20.3 Å². The Morgan fingerprint density at radius 3 is 2.07 bits per heavy atom. The molecular weight excluding hydrogens is 374 g/mol. The molecule has 0 aromatic heterocycles. The number of hydrogen-bond donors (Lipinski definition) is 0. The first-order chi connectivity index (χ1) is 14.3. The lowest BCUT2D eigenvalue weighted by Gasteiger charge is -2.32. The SMILES string of the molecule is O=C(c1ccccc1SCc1ccccc1)N1CCC(Cc2ccccc2)CC1. The highest BCUT2D eigenvalue weighted by Crippen LogP contribution is 2.29. The van der Waals surface area contributed by atoms with Crippen LogP contribution in [0.15, 0.2) is 89.8 Å². The minimum absolute atomic E-state index is 0.180. The number of rotatable bonds is 6. The predicted molar refractivity (Wildman–Crippen MR) is 121 cm³/mol. The summed E-state index contributed by atoms with van der Waals surface area (Å²) in [7, 11) is 0. The maximum absolute atomic E-state index is 13.2. The second kappa shape index (κ2) is 9.80. The Bertz CT molecular complexity index is 918. The van der Waals surface area contributed by atoms with E-state index in [0.29, 0.717) is 5.92 Å². The molecule has 0 spiro atoms. The third-order valence-electron chi connectivity index (χ3n) is 5.62. The monoisotopic (exact) mass is 401 g/mol. The third-order valence-corrected chi connectivity index (χ3v) is 6.77. The molecule has 0 atom stereocenters. The number of carbonyl (C=O) groups is 1. The van der Waals surface area contributed by atoms with Crippen LogP contribution < -0.4 is 0 Å². The Kier molecular flexibility index (Phi) is 6.68. The molecule has 29 heavy (non-hydrogen) atoms. The molecule has 3 heteroatoms.